The van der Waals surface area contributed by atoms with Crippen LogP contribution >= 0.6 is 0 Å². The molecule has 2 unspecified atom stereocenters. The fourth-order valence-electron chi connectivity index (χ4n) is 3.49. The molecule has 1 aliphatic rings. The number of aromatic nitrogens is 3. The summed E-state index contributed by atoms with van der Waals surface area (Å²) in [6.07, 6.45) is 5.31. The second kappa shape index (κ2) is 4.65. The minimum absolute atomic E-state index is 0.517. The van der Waals surface area contributed by atoms with Crippen LogP contribution in [0.3, 0.4) is 0 Å². The van der Waals surface area contributed by atoms with E-state index in [1.165, 1.54) is 30.5 Å². The van der Waals surface area contributed by atoms with Crippen molar-refractivity contribution < 1.29 is 0 Å². The molecule has 0 saturated carbocycles. The van der Waals surface area contributed by atoms with Crippen molar-refractivity contribution in [3.05, 3.63) is 17.6 Å². The summed E-state index contributed by atoms with van der Waals surface area (Å²) in [5.74, 6) is 0.576. The maximum atomic E-state index is 6.06. The number of nitrogens with two attached hydrogens (primary N) is 1. The van der Waals surface area contributed by atoms with E-state index < -0.39 is 0 Å². The summed E-state index contributed by atoms with van der Waals surface area (Å²) in [5, 5.41) is 3.45. The molecule has 0 aromatic carbocycles. The van der Waals surface area contributed by atoms with E-state index in [2.05, 4.69) is 47.3 Å². The lowest BCUT2D eigenvalue weighted by molar-refractivity contribution is 0.338. The van der Waals surface area contributed by atoms with Gasteiger partial charge in [-0.3, -0.25) is 0 Å². The SMILES string of the molecule is Cc1c(C)n(N2C(C)CCCC2C)c2ncnc(N)c12. The molecule has 20 heavy (non-hydrogen) atoms. The average molecular weight is 273 g/mol. The highest BCUT2D eigenvalue weighted by Crippen LogP contribution is 2.31. The zero-order chi connectivity index (χ0) is 14.4. The smallest absolute Gasteiger partial charge is 0.164 e. The average Bonchev–Trinajstić information content (AvgIpc) is 2.65. The van der Waals surface area contributed by atoms with E-state index in [0.29, 0.717) is 17.9 Å². The minimum Gasteiger partial charge on any atom is -0.383 e. The van der Waals surface area contributed by atoms with Gasteiger partial charge in [-0.1, -0.05) is 0 Å². The Labute approximate surface area is 119 Å². The van der Waals surface area contributed by atoms with Crippen molar-refractivity contribution in [1.29, 1.82) is 0 Å². The van der Waals surface area contributed by atoms with E-state index >= 15 is 0 Å². The summed E-state index contributed by atoms with van der Waals surface area (Å²) >= 11 is 0. The number of hydrogen-bond acceptors (Lipinski definition) is 4. The molecule has 0 spiro atoms. The lowest BCUT2D eigenvalue weighted by Gasteiger charge is -2.42. The van der Waals surface area contributed by atoms with Crippen LogP contribution in [-0.2, 0) is 0 Å². The zero-order valence-electron chi connectivity index (χ0n) is 12.7. The molecule has 1 fully saturated rings. The predicted octanol–water partition coefficient (Wildman–Crippen LogP) is 2.53. The van der Waals surface area contributed by atoms with Crippen LogP contribution in [0.1, 0.15) is 44.4 Å². The van der Waals surface area contributed by atoms with Crippen LogP contribution in [0, 0.1) is 13.8 Å². The molecule has 0 aliphatic carbocycles. The van der Waals surface area contributed by atoms with Crippen molar-refractivity contribution in [3.8, 4) is 0 Å². The van der Waals surface area contributed by atoms with E-state index in [-0.39, 0.29) is 0 Å². The maximum absolute atomic E-state index is 6.06. The number of aryl methyl sites for hydroxylation is 1. The first kappa shape index (κ1) is 13.2. The maximum Gasteiger partial charge on any atom is 0.164 e. The molecule has 2 aromatic heterocycles. The Morgan fingerprint density at radius 1 is 1.15 bits per heavy atom. The van der Waals surface area contributed by atoms with Crippen molar-refractivity contribution in [2.45, 2.75) is 59.0 Å². The van der Waals surface area contributed by atoms with Gasteiger partial charge in [0.25, 0.3) is 0 Å². The molecule has 3 heterocycles. The highest BCUT2D eigenvalue weighted by atomic mass is 15.6. The number of hydrogen-bond donors (Lipinski definition) is 1. The predicted molar refractivity (Wildman–Crippen MR) is 82.4 cm³/mol. The van der Waals surface area contributed by atoms with E-state index in [4.69, 9.17) is 5.73 Å². The van der Waals surface area contributed by atoms with Gasteiger partial charge in [0.2, 0.25) is 0 Å². The van der Waals surface area contributed by atoms with Gasteiger partial charge in [-0.25, -0.2) is 14.6 Å². The number of rotatable bonds is 1. The van der Waals surface area contributed by atoms with Gasteiger partial charge < -0.3 is 10.7 Å². The molecule has 0 bridgehead atoms. The molecule has 108 valence electrons. The molecule has 1 aliphatic heterocycles. The number of nitrogen functional groups attached to an aromatic ring is 1. The van der Waals surface area contributed by atoms with Crippen molar-refractivity contribution in [2.75, 3.05) is 10.7 Å². The van der Waals surface area contributed by atoms with Gasteiger partial charge in [0.15, 0.2) is 5.65 Å². The van der Waals surface area contributed by atoms with E-state index in [0.717, 1.165) is 11.0 Å². The van der Waals surface area contributed by atoms with Gasteiger partial charge in [0.05, 0.1) is 5.39 Å². The molecule has 2 atom stereocenters. The Balaban J connectivity index is 2.25. The molecular weight excluding hydrogens is 250 g/mol. The Morgan fingerprint density at radius 3 is 2.45 bits per heavy atom. The summed E-state index contributed by atoms with van der Waals surface area (Å²) in [4.78, 5) is 8.64. The van der Waals surface area contributed by atoms with Gasteiger partial charge in [0.1, 0.15) is 12.1 Å². The van der Waals surface area contributed by atoms with Crippen molar-refractivity contribution in [1.82, 2.24) is 14.6 Å². The second-order valence-electron chi connectivity index (χ2n) is 5.99. The molecule has 5 heteroatoms. The third kappa shape index (κ3) is 1.76. The van der Waals surface area contributed by atoms with Gasteiger partial charge in [-0.15, -0.1) is 0 Å². The standard InChI is InChI=1S/C15H23N5/c1-9-6-5-7-10(2)19(9)20-12(4)11(3)13-14(16)17-8-18-15(13)20/h8-10H,5-7H2,1-4H3,(H2,16,17,18). The fraction of sp³-hybridized carbons (Fsp3) is 0.600. The van der Waals surface area contributed by atoms with E-state index in [9.17, 15) is 0 Å². The van der Waals surface area contributed by atoms with Crippen LogP contribution in [0.25, 0.3) is 11.0 Å². The number of nitrogens with zero attached hydrogens (tertiary/aromatic N) is 4. The summed E-state index contributed by atoms with van der Waals surface area (Å²) in [7, 11) is 0. The lowest BCUT2D eigenvalue weighted by Crippen LogP contribution is -2.51. The van der Waals surface area contributed by atoms with Gasteiger partial charge >= 0.3 is 0 Å². The minimum atomic E-state index is 0.517. The third-order valence-corrected chi connectivity index (χ3v) is 4.67. The second-order valence-corrected chi connectivity index (χ2v) is 5.99. The lowest BCUT2D eigenvalue weighted by atomic mass is 10.00. The van der Waals surface area contributed by atoms with Crippen LogP contribution in [0.4, 0.5) is 5.82 Å². The first-order valence-corrected chi connectivity index (χ1v) is 7.39. The van der Waals surface area contributed by atoms with Gasteiger partial charge in [-0.2, -0.15) is 0 Å². The van der Waals surface area contributed by atoms with E-state index in [1.54, 1.807) is 6.33 Å². The zero-order valence-corrected chi connectivity index (χ0v) is 12.7. The van der Waals surface area contributed by atoms with Crippen molar-refractivity contribution in [2.24, 2.45) is 0 Å². The number of piperidine rings is 1. The van der Waals surface area contributed by atoms with Crippen LogP contribution in [0.5, 0.6) is 0 Å². The van der Waals surface area contributed by atoms with Crippen LogP contribution < -0.4 is 10.7 Å². The summed E-state index contributed by atoms with van der Waals surface area (Å²) in [6.45, 7) is 8.83. The monoisotopic (exact) mass is 273 g/mol. The topological polar surface area (TPSA) is 60.0 Å². The molecular formula is C15H23N5. The molecule has 5 nitrogen and oxygen atoms in total. The molecule has 3 rings (SSSR count). The highest BCUT2D eigenvalue weighted by molar-refractivity contribution is 5.91. The largest absolute Gasteiger partial charge is 0.383 e. The molecule has 1 saturated heterocycles. The van der Waals surface area contributed by atoms with Crippen LogP contribution in [0.2, 0.25) is 0 Å². The summed E-state index contributed by atoms with van der Waals surface area (Å²) in [6, 6.07) is 1.03. The normalized spacial score (nSPS) is 23.5. The summed E-state index contributed by atoms with van der Waals surface area (Å²) < 4.78 is 2.26. The van der Waals surface area contributed by atoms with Crippen LogP contribution in [0.15, 0.2) is 6.33 Å². The first-order valence-electron chi connectivity index (χ1n) is 7.39. The summed E-state index contributed by atoms with van der Waals surface area (Å²) in [5.41, 5.74) is 9.39. The van der Waals surface area contributed by atoms with Gasteiger partial charge in [-0.05, 0) is 52.5 Å². The highest BCUT2D eigenvalue weighted by Gasteiger charge is 2.29. The first-order chi connectivity index (χ1) is 9.52. The Kier molecular flexibility index (Phi) is 3.07. The van der Waals surface area contributed by atoms with Gasteiger partial charge in [0, 0.05) is 17.8 Å². The fourth-order valence-corrected chi connectivity index (χ4v) is 3.49. The third-order valence-electron chi connectivity index (χ3n) is 4.67. The quantitative estimate of drug-likeness (QED) is 0.867. The Hall–Kier alpha value is -1.78. The number of anilines is 1. The van der Waals surface area contributed by atoms with Crippen molar-refractivity contribution in [3.63, 3.8) is 0 Å². The molecule has 2 aromatic rings. The van der Waals surface area contributed by atoms with E-state index in [1.807, 2.05) is 0 Å². The molecule has 2 N–H and O–H groups in total. The Bertz CT molecular complexity index is 635. The molecule has 0 amide bonds. The van der Waals surface area contributed by atoms with Crippen LogP contribution in [-0.4, -0.2) is 26.7 Å². The van der Waals surface area contributed by atoms with Crippen molar-refractivity contribution >= 4 is 16.9 Å². The molecule has 0 radical (unpaired) electrons. The number of fused-ring (bicyclic) bond motifs is 1. The Morgan fingerprint density at radius 2 is 1.80 bits per heavy atom.